The van der Waals surface area contributed by atoms with Gasteiger partial charge in [0.15, 0.2) is 0 Å². The van der Waals surface area contributed by atoms with E-state index in [0.717, 1.165) is 24.2 Å². The molecule has 2 aromatic heterocycles. The first kappa shape index (κ1) is 16.4. The van der Waals surface area contributed by atoms with E-state index in [-0.39, 0.29) is 18.1 Å². The summed E-state index contributed by atoms with van der Waals surface area (Å²) in [4.78, 5) is 22.8. The minimum absolute atomic E-state index is 0.0439. The molecule has 1 aliphatic rings. The third kappa shape index (κ3) is 3.56. The minimum atomic E-state index is -0.144. The molecule has 0 saturated carbocycles. The third-order valence-corrected chi connectivity index (χ3v) is 4.30. The van der Waals surface area contributed by atoms with Crippen LogP contribution in [0.3, 0.4) is 0 Å². The second kappa shape index (κ2) is 7.00. The molecule has 0 radical (unpaired) electrons. The summed E-state index contributed by atoms with van der Waals surface area (Å²) in [5.41, 5.74) is 2.42. The Bertz CT molecular complexity index is 713. The molecule has 1 aliphatic heterocycles. The smallest absolute Gasteiger partial charge is 0.270 e. The van der Waals surface area contributed by atoms with Crippen molar-refractivity contribution in [1.82, 2.24) is 19.9 Å². The number of amides is 1. The molecule has 2 aromatic rings. The van der Waals surface area contributed by atoms with Crippen molar-refractivity contribution in [3.05, 3.63) is 42.2 Å². The standard InChI is InChI=1S/C17H23N5O2/c1-21(2)13-4-6-19-14(9-13)17(23)20-12-5-7-24-16(8-12)15-10-18-11-22(15)3/h4,6,9-12,16H,5,7-8H2,1-3H3,(H,20,23)/t12-,16-/m0/s1. The molecule has 7 nitrogen and oxygen atoms in total. The van der Waals surface area contributed by atoms with Crippen molar-refractivity contribution >= 4 is 11.6 Å². The molecule has 0 spiro atoms. The first-order valence-corrected chi connectivity index (χ1v) is 8.06. The molecule has 1 N–H and O–H groups in total. The SMILES string of the molecule is CN(C)c1ccnc(C(=O)N[C@H]2CCO[C@H](c3cncn3C)C2)c1. The van der Waals surface area contributed by atoms with E-state index in [1.807, 2.05) is 42.9 Å². The fourth-order valence-electron chi connectivity index (χ4n) is 2.89. The van der Waals surface area contributed by atoms with E-state index in [4.69, 9.17) is 4.74 Å². The molecule has 1 fully saturated rings. The van der Waals surface area contributed by atoms with E-state index in [2.05, 4.69) is 15.3 Å². The Labute approximate surface area is 141 Å². The van der Waals surface area contributed by atoms with Crippen molar-refractivity contribution < 1.29 is 9.53 Å². The molecule has 24 heavy (non-hydrogen) atoms. The highest BCUT2D eigenvalue weighted by molar-refractivity contribution is 5.93. The number of nitrogens with one attached hydrogen (secondary N) is 1. The monoisotopic (exact) mass is 329 g/mol. The lowest BCUT2D eigenvalue weighted by atomic mass is 10.0. The van der Waals surface area contributed by atoms with Crippen LogP contribution in [0.5, 0.6) is 0 Å². The lowest BCUT2D eigenvalue weighted by Crippen LogP contribution is -2.40. The van der Waals surface area contributed by atoms with E-state index in [1.165, 1.54) is 0 Å². The average Bonchev–Trinajstić information content (AvgIpc) is 3.01. The highest BCUT2D eigenvalue weighted by Crippen LogP contribution is 2.27. The van der Waals surface area contributed by atoms with Crippen molar-refractivity contribution in [3.63, 3.8) is 0 Å². The second-order valence-electron chi connectivity index (χ2n) is 6.28. The van der Waals surface area contributed by atoms with Crippen LogP contribution in [0.1, 0.15) is 35.1 Å². The predicted octanol–water partition coefficient (Wildman–Crippen LogP) is 1.53. The van der Waals surface area contributed by atoms with Gasteiger partial charge in [-0.2, -0.15) is 0 Å². The van der Waals surface area contributed by atoms with Crippen molar-refractivity contribution in [3.8, 4) is 0 Å². The van der Waals surface area contributed by atoms with Gasteiger partial charge in [0.1, 0.15) is 11.8 Å². The average molecular weight is 329 g/mol. The fourth-order valence-corrected chi connectivity index (χ4v) is 2.89. The zero-order chi connectivity index (χ0) is 17.1. The third-order valence-electron chi connectivity index (χ3n) is 4.30. The Morgan fingerprint density at radius 2 is 2.29 bits per heavy atom. The van der Waals surface area contributed by atoms with Gasteiger partial charge in [-0.15, -0.1) is 0 Å². The van der Waals surface area contributed by atoms with E-state index in [1.54, 1.807) is 18.6 Å². The molecule has 1 saturated heterocycles. The van der Waals surface area contributed by atoms with Gasteiger partial charge in [-0.05, 0) is 25.0 Å². The van der Waals surface area contributed by atoms with Crippen LogP contribution in [0.15, 0.2) is 30.9 Å². The largest absolute Gasteiger partial charge is 0.378 e. The Kier molecular flexibility index (Phi) is 4.80. The lowest BCUT2D eigenvalue weighted by molar-refractivity contribution is -0.00305. The molecule has 0 bridgehead atoms. The summed E-state index contributed by atoms with van der Waals surface area (Å²) >= 11 is 0. The van der Waals surface area contributed by atoms with Gasteiger partial charge in [-0.1, -0.05) is 0 Å². The minimum Gasteiger partial charge on any atom is -0.378 e. The van der Waals surface area contributed by atoms with Crippen LogP contribution in [-0.2, 0) is 11.8 Å². The van der Waals surface area contributed by atoms with Gasteiger partial charge >= 0.3 is 0 Å². The van der Waals surface area contributed by atoms with Crippen LogP contribution < -0.4 is 10.2 Å². The number of aryl methyl sites for hydroxylation is 1. The van der Waals surface area contributed by atoms with Gasteiger partial charge in [-0.25, -0.2) is 4.98 Å². The lowest BCUT2D eigenvalue weighted by Gasteiger charge is -2.30. The predicted molar refractivity (Wildman–Crippen MR) is 91.0 cm³/mol. The molecule has 2 atom stereocenters. The molecule has 3 rings (SSSR count). The first-order chi connectivity index (χ1) is 11.5. The van der Waals surface area contributed by atoms with E-state index in [0.29, 0.717) is 12.3 Å². The maximum Gasteiger partial charge on any atom is 0.270 e. The summed E-state index contributed by atoms with van der Waals surface area (Å²) in [7, 11) is 5.83. The van der Waals surface area contributed by atoms with Gasteiger partial charge in [0.2, 0.25) is 0 Å². The van der Waals surface area contributed by atoms with Crippen LogP contribution >= 0.6 is 0 Å². The number of hydrogen-bond acceptors (Lipinski definition) is 5. The highest BCUT2D eigenvalue weighted by atomic mass is 16.5. The fraction of sp³-hybridized carbons (Fsp3) is 0.471. The van der Waals surface area contributed by atoms with Crippen LogP contribution in [0.4, 0.5) is 5.69 Å². The highest BCUT2D eigenvalue weighted by Gasteiger charge is 2.27. The molecular weight excluding hydrogens is 306 g/mol. The Morgan fingerprint density at radius 3 is 3.00 bits per heavy atom. The van der Waals surface area contributed by atoms with Crippen molar-refractivity contribution in [2.75, 3.05) is 25.6 Å². The van der Waals surface area contributed by atoms with Crippen LogP contribution in [0.25, 0.3) is 0 Å². The quantitative estimate of drug-likeness (QED) is 0.921. The number of rotatable bonds is 4. The summed E-state index contributed by atoms with van der Waals surface area (Å²) in [5.74, 6) is -0.144. The number of anilines is 1. The summed E-state index contributed by atoms with van der Waals surface area (Å²) in [5, 5.41) is 3.08. The summed E-state index contributed by atoms with van der Waals surface area (Å²) in [6.07, 6.45) is 6.73. The molecule has 7 heteroatoms. The summed E-state index contributed by atoms with van der Waals surface area (Å²) in [6.45, 7) is 0.617. The maximum absolute atomic E-state index is 12.5. The molecule has 0 unspecified atom stereocenters. The van der Waals surface area contributed by atoms with E-state index < -0.39 is 0 Å². The Morgan fingerprint density at radius 1 is 1.46 bits per heavy atom. The van der Waals surface area contributed by atoms with Crippen molar-refractivity contribution in [1.29, 1.82) is 0 Å². The van der Waals surface area contributed by atoms with Crippen LogP contribution in [0.2, 0.25) is 0 Å². The van der Waals surface area contributed by atoms with Crippen LogP contribution in [-0.4, -0.2) is 47.2 Å². The van der Waals surface area contributed by atoms with E-state index >= 15 is 0 Å². The topological polar surface area (TPSA) is 72.3 Å². The summed E-state index contributed by atoms with van der Waals surface area (Å²) in [6, 6.07) is 3.74. The number of imidazole rings is 1. The molecule has 128 valence electrons. The normalized spacial score (nSPS) is 20.6. The maximum atomic E-state index is 12.5. The number of nitrogens with zero attached hydrogens (tertiary/aromatic N) is 4. The zero-order valence-corrected chi connectivity index (χ0v) is 14.3. The second-order valence-corrected chi connectivity index (χ2v) is 6.28. The first-order valence-electron chi connectivity index (χ1n) is 8.06. The molecule has 0 aliphatic carbocycles. The molecular formula is C17H23N5O2. The molecule has 0 aromatic carbocycles. The van der Waals surface area contributed by atoms with Crippen LogP contribution in [0, 0.1) is 0 Å². The molecule has 1 amide bonds. The zero-order valence-electron chi connectivity index (χ0n) is 14.3. The Hall–Kier alpha value is -2.41. The van der Waals surface area contributed by atoms with Gasteiger partial charge in [-0.3, -0.25) is 9.78 Å². The molecule has 3 heterocycles. The summed E-state index contributed by atoms with van der Waals surface area (Å²) < 4.78 is 7.79. The number of pyridine rings is 1. The Balaban J connectivity index is 1.66. The van der Waals surface area contributed by atoms with Gasteiger partial charge in [0.05, 0.1) is 18.2 Å². The number of carbonyl (C=O) groups is 1. The van der Waals surface area contributed by atoms with Crippen molar-refractivity contribution in [2.45, 2.75) is 25.0 Å². The van der Waals surface area contributed by atoms with Crippen molar-refractivity contribution in [2.24, 2.45) is 7.05 Å². The number of ether oxygens (including phenoxy) is 1. The van der Waals surface area contributed by atoms with Gasteiger partial charge < -0.3 is 19.5 Å². The van der Waals surface area contributed by atoms with Gasteiger partial charge in [0, 0.05) is 45.7 Å². The number of hydrogen-bond donors (Lipinski definition) is 1. The van der Waals surface area contributed by atoms with Gasteiger partial charge in [0.25, 0.3) is 5.91 Å². The number of aromatic nitrogens is 3. The van der Waals surface area contributed by atoms with E-state index in [9.17, 15) is 4.79 Å². The number of carbonyl (C=O) groups excluding carboxylic acids is 1.